The number of aromatic carboxylic acids is 1. The fraction of sp³-hybridized carbons (Fsp3) is 0.333. The largest absolute Gasteiger partial charge is 0.476 e. The van der Waals surface area contributed by atoms with Crippen molar-refractivity contribution in [2.24, 2.45) is 0 Å². The van der Waals surface area contributed by atoms with Crippen molar-refractivity contribution in [1.82, 2.24) is 25.2 Å². The maximum Gasteiger partial charge on any atom is 0.355 e. The summed E-state index contributed by atoms with van der Waals surface area (Å²) < 4.78 is 1.57. The van der Waals surface area contributed by atoms with Gasteiger partial charge in [0.05, 0.1) is 5.75 Å². The smallest absolute Gasteiger partial charge is 0.355 e. The summed E-state index contributed by atoms with van der Waals surface area (Å²) in [5.41, 5.74) is -0.0899. The maximum atomic E-state index is 11.7. The predicted octanol–water partition coefficient (Wildman–Crippen LogP) is 0.578. The Kier molecular flexibility index (Phi) is 4.63. The molecule has 20 heavy (non-hydrogen) atoms. The van der Waals surface area contributed by atoms with Crippen LogP contribution in [0.25, 0.3) is 0 Å². The number of tetrazole rings is 1. The fourth-order valence-electron chi connectivity index (χ4n) is 1.21. The maximum absolute atomic E-state index is 11.7. The molecule has 2 N–H and O–H groups in total. The Bertz CT molecular complexity index is 625. The summed E-state index contributed by atoms with van der Waals surface area (Å²) in [7, 11) is 0. The molecule has 0 radical (unpaired) electrons. The molecule has 0 unspecified atom stereocenters. The van der Waals surface area contributed by atoms with E-state index in [4.69, 9.17) is 5.11 Å². The van der Waals surface area contributed by atoms with Crippen LogP contribution in [0.15, 0.2) is 10.5 Å². The minimum absolute atomic E-state index is 0.0899. The van der Waals surface area contributed by atoms with Gasteiger partial charge in [0.25, 0.3) is 0 Å². The number of carbonyl (C=O) groups is 2. The zero-order chi connectivity index (χ0) is 14.5. The monoisotopic (exact) mass is 314 g/mol. The first-order valence-corrected chi connectivity index (χ1v) is 7.34. The summed E-state index contributed by atoms with van der Waals surface area (Å²) >= 11 is 2.25. The van der Waals surface area contributed by atoms with Gasteiger partial charge in [0.2, 0.25) is 11.1 Å². The van der Waals surface area contributed by atoms with Crippen molar-refractivity contribution in [2.45, 2.75) is 18.6 Å². The van der Waals surface area contributed by atoms with Gasteiger partial charge in [-0.25, -0.2) is 14.5 Å². The standard InChI is InChI=1S/C9H10N6O3S2/c1-2-15-9(12-13-14-15)20-4-6(16)11-8-10-5(3-19-8)7(17)18/h3H,2,4H2,1H3,(H,17,18)(H,10,11,16). The third-order valence-corrected chi connectivity index (χ3v) is 3.82. The molecule has 2 aromatic rings. The first-order chi connectivity index (χ1) is 9.60. The van der Waals surface area contributed by atoms with Crippen LogP contribution in [0, 0.1) is 0 Å². The number of hydrogen-bond acceptors (Lipinski definition) is 8. The number of carboxylic acid groups (broad SMARTS) is 1. The summed E-state index contributed by atoms with van der Waals surface area (Å²) in [5, 5.41) is 24.5. The molecular weight excluding hydrogens is 304 g/mol. The molecule has 0 saturated heterocycles. The Labute approximate surface area is 121 Å². The first-order valence-electron chi connectivity index (χ1n) is 5.47. The van der Waals surface area contributed by atoms with Crippen molar-refractivity contribution in [3.63, 3.8) is 0 Å². The minimum Gasteiger partial charge on any atom is -0.476 e. The fourth-order valence-corrected chi connectivity index (χ4v) is 2.65. The van der Waals surface area contributed by atoms with Gasteiger partial charge >= 0.3 is 5.97 Å². The van der Waals surface area contributed by atoms with Crippen LogP contribution in [0.4, 0.5) is 5.13 Å². The van der Waals surface area contributed by atoms with E-state index in [2.05, 4.69) is 25.8 Å². The van der Waals surface area contributed by atoms with E-state index in [0.717, 1.165) is 11.3 Å². The number of anilines is 1. The Hall–Kier alpha value is -2.01. The molecule has 0 aliphatic carbocycles. The normalized spacial score (nSPS) is 10.4. The Morgan fingerprint density at radius 2 is 2.35 bits per heavy atom. The lowest BCUT2D eigenvalue weighted by Crippen LogP contribution is -2.14. The Balaban J connectivity index is 1.87. The van der Waals surface area contributed by atoms with Crippen LogP contribution < -0.4 is 5.32 Å². The Morgan fingerprint density at radius 3 is 3.00 bits per heavy atom. The van der Waals surface area contributed by atoms with E-state index in [1.54, 1.807) is 4.68 Å². The van der Waals surface area contributed by atoms with E-state index < -0.39 is 5.97 Å². The van der Waals surface area contributed by atoms with Crippen molar-refractivity contribution in [2.75, 3.05) is 11.1 Å². The van der Waals surface area contributed by atoms with Crippen LogP contribution in [-0.4, -0.2) is 47.9 Å². The first kappa shape index (κ1) is 14.4. The number of hydrogen-bond donors (Lipinski definition) is 2. The number of rotatable bonds is 6. The summed E-state index contributed by atoms with van der Waals surface area (Å²) in [6.45, 7) is 2.51. The second kappa shape index (κ2) is 6.43. The molecule has 1 amide bonds. The van der Waals surface area contributed by atoms with Gasteiger partial charge in [-0.3, -0.25) is 4.79 Å². The van der Waals surface area contributed by atoms with Crippen LogP contribution in [-0.2, 0) is 11.3 Å². The van der Waals surface area contributed by atoms with Gasteiger partial charge in [-0.1, -0.05) is 11.8 Å². The van der Waals surface area contributed by atoms with Gasteiger partial charge < -0.3 is 10.4 Å². The molecule has 11 heteroatoms. The molecule has 0 atom stereocenters. The SMILES string of the molecule is CCn1nnnc1SCC(=O)Nc1nc(C(=O)O)cs1. The lowest BCUT2D eigenvalue weighted by atomic mass is 10.5. The molecule has 0 aromatic carbocycles. The Morgan fingerprint density at radius 1 is 1.55 bits per heavy atom. The molecular formula is C9H10N6O3S2. The number of amides is 1. The van der Waals surface area contributed by atoms with E-state index in [-0.39, 0.29) is 22.5 Å². The molecule has 0 spiro atoms. The van der Waals surface area contributed by atoms with Crippen molar-refractivity contribution < 1.29 is 14.7 Å². The topological polar surface area (TPSA) is 123 Å². The highest BCUT2D eigenvalue weighted by atomic mass is 32.2. The van der Waals surface area contributed by atoms with E-state index in [1.807, 2.05) is 6.92 Å². The summed E-state index contributed by atoms with van der Waals surface area (Å²) in [6, 6.07) is 0. The quantitative estimate of drug-likeness (QED) is 0.742. The number of thiazole rings is 1. The second-order valence-corrected chi connectivity index (χ2v) is 5.26. The average molecular weight is 314 g/mol. The summed E-state index contributed by atoms with van der Waals surface area (Å²) in [6.07, 6.45) is 0. The molecule has 2 heterocycles. The van der Waals surface area contributed by atoms with Crippen LogP contribution >= 0.6 is 23.1 Å². The number of aromatic nitrogens is 5. The van der Waals surface area contributed by atoms with Crippen LogP contribution in [0.2, 0.25) is 0 Å². The predicted molar refractivity (Wildman–Crippen MR) is 71.9 cm³/mol. The van der Waals surface area contributed by atoms with Gasteiger partial charge in [0, 0.05) is 11.9 Å². The number of thioether (sulfide) groups is 1. The third kappa shape index (κ3) is 3.51. The lowest BCUT2D eigenvalue weighted by molar-refractivity contribution is -0.113. The van der Waals surface area contributed by atoms with Crippen molar-refractivity contribution >= 4 is 40.1 Å². The third-order valence-electron chi connectivity index (χ3n) is 2.10. The molecule has 106 valence electrons. The summed E-state index contributed by atoms with van der Waals surface area (Å²) in [5.74, 6) is -1.31. The molecule has 9 nitrogen and oxygen atoms in total. The van der Waals surface area contributed by atoms with Crippen molar-refractivity contribution in [1.29, 1.82) is 0 Å². The van der Waals surface area contributed by atoms with Gasteiger partial charge in [0.1, 0.15) is 0 Å². The highest BCUT2D eigenvalue weighted by Crippen LogP contribution is 2.17. The minimum atomic E-state index is -1.13. The summed E-state index contributed by atoms with van der Waals surface area (Å²) in [4.78, 5) is 26.1. The van der Waals surface area contributed by atoms with Crippen LogP contribution in [0.3, 0.4) is 0 Å². The van der Waals surface area contributed by atoms with Crippen molar-refractivity contribution in [3.05, 3.63) is 11.1 Å². The van der Waals surface area contributed by atoms with Gasteiger partial charge in [-0.05, 0) is 17.4 Å². The van der Waals surface area contributed by atoms with E-state index in [9.17, 15) is 9.59 Å². The van der Waals surface area contributed by atoms with E-state index in [1.165, 1.54) is 17.1 Å². The molecule has 2 rings (SSSR count). The number of carbonyl (C=O) groups excluding carboxylic acids is 1. The van der Waals surface area contributed by atoms with Gasteiger partial charge in [-0.2, -0.15) is 0 Å². The van der Waals surface area contributed by atoms with Gasteiger partial charge in [-0.15, -0.1) is 16.4 Å². The average Bonchev–Trinajstić information content (AvgIpc) is 3.04. The molecule has 0 bridgehead atoms. The molecule has 0 aliphatic rings. The lowest BCUT2D eigenvalue weighted by Gasteiger charge is -2.01. The highest BCUT2D eigenvalue weighted by molar-refractivity contribution is 7.99. The van der Waals surface area contributed by atoms with Crippen LogP contribution in [0.1, 0.15) is 17.4 Å². The zero-order valence-corrected chi connectivity index (χ0v) is 11.9. The zero-order valence-electron chi connectivity index (χ0n) is 10.3. The molecule has 0 fully saturated rings. The van der Waals surface area contributed by atoms with Crippen LogP contribution in [0.5, 0.6) is 0 Å². The second-order valence-electron chi connectivity index (χ2n) is 3.46. The number of aryl methyl sites for hydroxylation is 1. The molecule has 2 aromatic heterocycles. The number of nitrogens with zero attached hydrogens (tertiary/aromatic N) is 5. The van der Waals surface area contributed by atoms with Crippen molar-refractivity contribution in [3.8, 4) is 0 Å². The molecule has 0 saturated carbocycles. The van der Waals surface area contributed by atoms with E-state index in [0.29, 0.717) is 11.7 Å². The number of carboxylic acids is 1. The number of nitrogens with one attached hydrogen (secondary N) is 1. The highest BCUT2D eigenvalue weighted by Gasteiger charge is 2.12. The molecule has 0 aliphatic heterocycles. The van der Waals surface area contributed by atoms with E-state index >= 15 is 0 Å². The van der Waals surface area contributed by atoms with Gasteiger partial charge in [0.15, 0.2) is 10.8 Å².